The van der Waals surface area contributed by atoms with Gasteiger partial charge < -0.3 is 9.84 Å². The van der Waals surface area contributed by atoms with Gasteiger partial charge in [-0.25, -0.2) is 0 Å². The van der Waals surface area contributed by atoms with Crippen molar-refractivity contribution in [3.63, 3.8) is 0 Å². The van der Waals surface area contributed by atoms with E-state index in [9.17, 15) is 5.11 Å². The number of aliphatic hydroxyl groups is 1. The first-order valence-electron chi connectivity index (χ1n) is 6.12. The van der Waals surface area contributed by atoms with E-state index in [2.05, 4.69) is 23.7 Å². The Hall–Kier alpha value is -1.74. The predicted octanol–water partition coefficient (Wildman–Crippen LogP) is 2.57. The van der Waals surface area contributed by atoms with Crippen molar-refractivity contribution in [2.75, 3.05) is 0 Å². The molecule has 1 aliphatic rings. The van der Waals surface area contributed by atoms with Gasteiger partial charge in [0.2, 0.25) is 0 Å². The Bertz CT molecular complexity index is 435. The lowest BCUT2D eigenvalue weighted by Gasteiger charge is -2.24. The lowest BCUT2D eigenvalue weighted by atomic mass is 10.1. The first-order valence-corrected chi connectivity index (χ1v) is 6.12. The molecule has 0 aromatic rings. The smallest absolute Gasteiger partial charge is 0.155 e. The molecule has 1 saturated heterocycles. The molecule has 1 fully saturated rings. The van der Waals surface area contributed by atoms with Crippen molar-refractivity contribution in [2.45, 2.75) is 38.6 Å². The van der Waals surface area contributed by atoms with E-state index in [-0.39, 0.29) is 6.10 Å². The normalized spacial score (nSPS) is 23.9. The van der Waals surface area contributed by atoms with Crippen LogP contribution in [0, 0.1) is 23.7 Å². The van der Waals surface area contributed by atoms with Crippen molar-refractivity contribution in [3.05, 3.63) is 36.5 Å². The first-order chi connectivity index (χ1) is 8.83. The van der Waals surface area contributed by atoms with E-state index in [4.69, 9.17) is 4.74 Å². The van der Waals surface area contributed by atoms with Gasteiger partial charge in [0.1, 0.15) is 0 Å². The highest BCUT2D eigenvalue weighted by Gasteiger charge is 2.17. The van der Waals surface area contributed by atoms with Crippen LogP contribution in [0.25, 0.3) is 0 Å². The number of ether oxygens (including phenoxy) is 1. The van der Waals surface area contributed by atoms with Crippen molar-refractivity contribution in [1.29, 1.82) is 0 Å². The molecule has 0 aromatic carbocycles. The Morgan fingerprint density at radius 2 is 1.89 bits per heavy atom. The zero-order valence-corrected chi connectivity index (χ0v) is 10.6. The Kier molecular flexibility index (Phi) is 7.40. The van der Waals surface area contributed by atoms with Crippen LogP contribution in [0.4, 0.5) is 0 Å². The number of hydrogen-bond donors (Lipinski definition) is 1. The Balaban J connectivity index is 2.29. The minimum Gasteiger partial charge on any atom is -0.368 e. The lowest BCUT2D eigenvalue weighted by molar-refractivity contribution is -0.147. The van der Waals surface area contributed by atoms with E-state index in [1.54, 1.807) is 12.2 Å². The molecule has 2 atom stereocenters. The molecule has 1 aliphatic heterocycles. The number of allylic oxidation sites excluding steroid dienone is 5. The maximum absolute atomic E-state index is 9.31. The van der Waals surface area contributed by atoms with E-state index in [0.717, 1.165) is 19.3 Å². The van der Waals surface area contributed by atoms with E-state index >= 15 is 0 Å². The average molecular weight is 242 g/mol. The summed E-state index contributed by atoms with van der Waals surface area (Å²) in [6, 6.07) is 0. The molecular formula is C16H18O2. The molecule has 0 amide bonds. The molecule has 0 radical (unpaired) electrons. The van der Waals surface area contributed by atoms with Crippen molar-refractivity contribution in [2.24, 2.45) is 0 Å². The Labute approximate surface area is 109 Å². The summed E-state index contributed by atoms with van der Waals surface area (Å²) in [6.07, 6.45) is 13.1. The molecule has 18 heavy (non-hydrogen) atoms. The number of aliphatic hydroxyl groups excluding tert-OH is 1. The largest absolute Gasteiger partial charge is 0.368 e. The third-order valence-corrected chi connectivity index (χ3v) is 2.34. The molecule has 2 heteroatoms. The van der Waals surface area contributed by atoms with Crippen LogP contribution < -0.4 is 0 Å². The van der Waals surface area contributed by atoms with E-state index in [1.807, 2.05) is 31.2 Å². The van der Waals surface area contributed by atoms with Crippen LogP contribution >= 0.6 is 0 Å². The van der Waals surface area contributed by atoms with Crippen molar-refractivity contribution < 1.29 is 9.84 Å². The summed E-state index contributed by atoms with van der Waals surface area (Å²) < 4.78 is 5.33. The van der Waals surface area contributed by atoms with Gasteiger partial charge in [0.25, 0.3) is 0 Å². The van der Waals surface area contributed by atoms with E-state index < -0.39 is 6.29 Å². The molecule has 0 unspecified atom stereocenters. The van der Waals surface area contributed by atoms with Crippen molar-refractivity contribution in [3.8, 4) is 23.7 Å². The fourth-order valence-electron chi connectivity index (χ4n) is 1.50. The van der Waals surface area contributed by atoms with Crippen LogP contribution in [0.15, 0.2) is 36.5 Å². The molecule has 1 rings (SSSR count). The van der Waals surface area contributed by atoms with Crippen LogP contribution in [0.1, 0.15) is 26.2 Å². The SMILES string of the molecule is C/C=C/C#CC#C/C=C/C=C/[C@@H]1CCC[C@@H](O)O1. The molecule has 2 nitrogen and oxygen atoms in total. The minimum atomic E-state index is -0.612. The fraction of sp³-hybridized carbons (Fsp3) is 0.375. The van der Waals surface area contributed by atoms with Gasteiger partial charge in [0, 0.05) is 0 Å². The van der Waals surface area contributed by atoms with Crippen LogP contribution in [-0.2, 0) is 4.74 Å². The van der Waals surface area contributed by atoms with Gasteiger partial charge in [-0.2, -0.15) is 0 Å². The van der Waals surface area contributed by atoms with Crippen molar-refractivity contribution in [1.82, 2.24) is 0 Å². The summed E-state index contributed by atoms with van der Waals surface area (Å²) in [5, 5.41) is 9.31. The monoisotopic (exact) mass is 242 g/mol. The third kappa shape index (κ3) is 6.76. The van der Waals surface area contributed by atoms with Gasteiger partial charge in [-0.15, -0.1) is 0 Å². The van der Waals surface area contributed by atoms with Gasteiger partial charge >= 0.3 is 0 Å². The Morgan fingerprint density at radius 1 is 1.11 bits per heavy atom. The highest BCUT2D eigenvalue weighted by molar-refractivity contribution is 5.34. The topological polar surface area (TPSA) is 29.5 Å². The second kappa shape index (κ2) is 9.31. The highest BCUT2D eigenvalue weighted by atomic mass is 16.6. The second-order valence-electron chi connectivity index (χ2n) is 3.84. The minimum absolute atomic E-state index is 0.0147. The predicted molar refractivity (Wildman–Crippen MR) is 73.4 cm³/mol. The summed E-state index contributed by atoms with van der Waals surface area (Å²) in [4.78, 5) is 0. The summed E-state index contributed by atoms with van der Waals surface area (Å²) in [7, 11) is 0. The molecular weight excluding hydrogens is 224 g/mol. The van der Waals surface area contributed by atoms with Crippen molar-refractivity contribution >= 4 is 0 Å². The molecule has 1 heterocycles. The second-order valence-corrected chi connectivity index (χ2v) is 3.84. The number of rotatable bonds is 2. The zero-order valence-electron chi connectivity index (χ0n) is 10.6. The third-order valence-electron chi connectivity index (χ3n) is 2.34. The maximum Gasteiger partial charge on any atom is 0.155 e. The quantitative estimate of drug-likeness (QED) is 0.595. The molecule has 0 saturated carbocycles. The molecule has 0 aliphatic carbocycles. The molecule has 0 spiro atoms. The van der Waals surface area contributed by atoms with Gasteiger partial charge in [0.05, 0.1) is 6.10 Å². The van der Waals surface area contributed by atoms with Crippen LogP contribution in [-0.4, -0.2) is 17.5 Å². The summed E-state index contributed by atoms with van der Waals surface area (Å²) >= 11 is 0. The average Bonchev–Trinajstić information content (AvgIpc) is 2.37. The van der Waals surface area contributed by atoms with Crippen LogP contribution in [0.3, 0.4) is 0 Å². The van der Waals surface area contributed by atoms with Gasteiger partial charge in [0.15, 0.2) is 6.29 Å². The Morgan fingerprint density at radius 3 is 2.61 bits per heavy atom. The maximum atomic E-state index is 9.31. The molecule has 1 N–H and O–H groups in total. The summed E-state index contributed by atoms with van der Waals surface area (Å²) in [5.41, 5.74) is 0. The molecule has 0 aromatic heterocycles. The molecule has 0 bridgehead atoms. The summed E-state index contributed by atoms with van der Waals surface area (Å²) in [5.74, 6) is 11.0. The van der Waals surface area contributed by atoms with E-state index in [1.165, 1.54) is 0 Å². The zero-order chi connectivity index (χ0) is 13.1. The van der Waals surface area contributed by atoms with E-state index in [0.29, 0.717) is 0 Å². The van der Waals surface area contributed by atoms with Crippen LogP contribution in [0.5, 0.6) is 0 Å². The van der Waals surface area contributed by atoms with Crippen LogP contribution in [0.2, 0.25) is 0 Å². The summed E-state index contributed by atoms with van der Waals surface area (Å²) in [6.45, 7) is 1.91. The molecule has 94 valence electrons. The van der Waals surface area contributed by atoms with Gasteiger partial charge in [-0.3, -0.25) is 0 Å². The first kappa shape index (κ1) is 14.3. The number of hydrogen-bond acceptors (Lipinski definition) is 2. The standard InChI is InChI=1S/C16H18O2/c1-2-3-4-5-6-7-8-9-10-12-15-13-11-14-16(17)18-15/h2-3,8-10,12,15-17H,11,13-14H2,1H3/b3-2+,9-8+,12-10+/t15-,16+/m1/s1. The van der Waals surface area contributed by atoms with Gasteiger partial charge in [-0.1, -0.05) is 36.1 Å². The van der Waals surface area contributed by atoms with Gasteiger partial charge in [-0.05, 0) is 50.2 Å². The fourth-order valence-corrected chi connectivity index (χ4v) is 1.50. The lowest BCUT2D eigenvalue weighted by Crippen LogP contribution is -2.25. The highest BCUT2D eigenvalue weighted by Crippen LogP contribution is 2.17.